The van der Waals surface area contributed by atoms with Crippen molar-refractivity contribution in [1.82, 2.24) is 0 Å². The van der Waals surface area contributed by atoms with Crippen LogP contribution in [0.2, 0.25) is 0 Å². The Labute approximate surface area is 120 Å². The lowest BCUT2D eigenvalue weighted by molar-refractivity contribution is 0.0602. The Morgan fingerprint density at radius 3 is 2.25 bits per heavy atom. The van der Waals surface area contributed by atoms with E-state index in [0.717, 1.165) is 11.3 Å². The highest BCUT2D eigenvalue weighted by Crippen LogP contribution is 2.63. The number of benzene rings is 1. The number of rotatable bonds is 3. The first-order valence-corrected chi connectivity index (χ1v) is 6.88. The molecule has 4 nitrogen and oxygen atoms in total. The zero-order chi connectivity index (χ0) is 15.3. The van der Waals surface area contributed by atoms with Gasteiger partial charge in [0.2, 0.25) is 0 Å². The van der Waals surface area contributed by atoms with Crippen LogP contribution in [0.5, 0.6) is 0 Å². The normalized spacial score (nSPS) is 19.5. The molecule has 0 amide bonds. The molecule has 4 heteroatoms. The van der Waals surface area contributed by atoms with Crippen LogP contribution in [-0.4, -0.2) is 19.1 Å². The van der Waals surface area contributed by atoms with Gasteiger partial charge < -0.3 is 15.8 Å². The van der Waals surface area contributed by atoms with Crippen LogP contribution in [0.4, 0.5) is 11.4 Å². The minimum Gasteiger partial charge on any atom is -0.465 e. The van der Waals surface area contributed by atoms with E-state index in [0.29, 0.717) is 17.3 Å². The van der Waals surface area contributed by atoms with E-state index in [1.807, 2.05) is 13.0 Å². The van der Waals surface area contributed by atoms with Crippen molar-refractivity contribution in [3.63, 3.8) is 0 Å². The van der Waals surface area contributed by atoms with Gasteiger partial charge in [-0.25, -0.2) is 4.79 Å². The summed E-state index contributed by atoms with van der Waals surface area (Å²) in [5.41, 5.74) is 9.12. The molecule has 0 spiro atoms. The van der Waals surface area contributed by atoms with Crippen molar-refractivity contribution < 1.29 is 9.53 Å². The predicted octanol–water partition coefficient (Wildman–Crippen LogP) is 3.21. The monoisotopic (exact) mass is 276 g/mol. The van der Waals surface area contributed by atoms with Crippen molar-refractivity contribution in [2.75, 3.05) is 18.2 Å². The Kier molecular flexibility index (Phi) is 3.23. The lowest BCUT2D eigenvalue weighted by Crippen LogP contribution is -2.13. The molecule has 1 aliphatic rings. The van der Waals surface area contributed by atoms with Gasteiger partial charge >= 0.3 is 5.97 Å². The average molecular weight is 276 g/mol. The van der Waals surface area contributed by atoms with Crippen LogP contribution in [-0.2, 0) is 4.74 Å². The molecule has 110 valence electrons. The van der Waals surface area contributed by atoms with Gasteiger partial charge in [0, 0.05) is 17.4 Å². The van der Waals surface area contributed by atoms with Crippen LogP contribution in [0.25, 0.3) is 0 Å². The first kappa shape index (κ1) is 14.7. The molecule has 3 N–H and O–H groups in total. The average Bonchev–Trinajstić information content (AvgIpc) is 2.75. The molecule has 0 bridgehead atoms. The lowest BCUT2D eigenvalue weighted by Gasteiger charge is -2.13. The lowest BCUT2D eigenvalue weighted by atomic mass is 10.0. The van der Waals surface area contributed by atoms with E-state index < -0.39 is 5.97 Å². The summed E-state index contributed by atoms with van der Waals surface area (Å²) < 4.78 is 4.78. The van der Waals surface area contributed by atoms with Gasteiger partial charge in [-0.1, -0.05) is 27.7 Å². The maximum absolute atomic E-state index is 11.8. The number of hydrogen-bond acceptors (Lipinski definition) is 4. The summed E-state index contributed by atoms with van der Waals surface area (Å²) in [7, 11) is 1.37. The molecule has 0 radical (unpaired) electrons. The molecule has 0 saturated heterocycles. The van der Waals surface area contributed by atoms with Crippen LogP contribution in [0, 0.1) is 17.8 Å². The first-order chi connectivity index (χ1) is 9.12. The van der Waals surface area contributed by atoms with E-state index in [-0.39, 0.29) is 10.8 Å². The predicted molar refractivity (Wildman–Crippen MR) is 81.9 cm³/mol. The second-order valence-corrected chi connectivity index (χ2v) is 6.77. The summed E-state index contributed by atoms with van der Waals surface area (Å²) in [6.45, 7) is 10.9. The molecule has 0 aromatic heterocycles. The quantitative estimate of drug-likeness (QED) is 0.657. The number of hydrogen-bond donors (Lipinski definition) is 2. The number of nitrogens with two attached hydrogens (primary N) is 1. The number of methoxy groups -OCH3 is 1. The van der Waals surface area contributed by atoms with Gasteiger partial charge in [0.05, 0.1) is 12.7 Å². The molecule has 0 heterocycles. The molecule has 1 fully saturated rings. The Morgan fingerprint density at radius 2 is 1.80 bits per heavy atom. The maximum atomic E-state index is 11.8. The van der Waals surface area contributed by atoms with E-state index in [2.05, 4.69) is 33.0 Å². The highest BCUT2D eigenvalue weighted by atomic mass is 16.5. The van der Waals surface area contributed by atoms with Crippen LogP contribution < -0.4 is 11.1 Å². The molecule has 20 heavy (non-hydrogen) atoms. The summed E-state index contributed by atoms with van der Waals surface area (Å²) in [5.74, 6) is -0.399. The summed E-state index contributed by atoms with van der Waals surface area (Å²) in [6, 6.07) is 4.13. The Balaban J connectivity index is 2.31. The summed E-state index contributed by atoms with van der Waals surface area (Å²) in [5, 5.41) is 3.52. The second kappa shape index (κ2) is 4.40. The Hall–Kier alpha value is -1.71. The van der Waals surface area contributed by atoms with E-state index in [1.165, 1.54) is 7.11 Å². The van der Waals surface area contributed by atoms with Gasteiger partial charge in [0.25, 0.3) is 0 Å². The largest absolute Gasteiger partial charge is 0.465 e. The Morgan fingerprint density at radius 1 is 1.25 bits per heavy atom. The number of nitrogen functional groups attached to an aromatic ring is 1. The number of carbonyl (C=O) groups is 1. The van der Waals surface area contributed by atoms with E-state index in [1.54, 1.807) is 6.07 Å². The van der Waals surface area contributed by atoms with Crippen molar-refractivity contribution in [2.24, 2.45) is 10.8 Å². The second-order valence-electron chi connectivity index (χ2n) is 6.77. The summed E-state index contributed by atoms with van der Waals surface area (Å²) >= 11 is 0. The summed E-state index contributed by atoms with van der Waals surface area (Å²) in [4.78, 5) is 11.8. The molecule has 1 saturated carbocycles. The highest BCUT2D eigenvalue weighted by Gasteiger charge is 2.64. The fourth-order valence-electron chi connectivity index (χ4n) is 2.88. The first-order valence-electron chi connectivity index (χ1n) is 6.88. The van der Waals surface area contributed by atoms with Gasteiger partial charge in [-0.05, 0) is 35.4 Å². The van der Waals surface area contributed by atoms with Crippen LogP contribution in [0.3, 0.4) is 0 Å². The minimum absolute atomic E-state index is 0.230. The maximum Gasteiger partial charge on any atom is 0.340 e. The SMILES string of the molecule is COC(=O)c1cc(NC2C(C)(C)C2(C)C)cc(C)c1N. The molecule has 0 aliphatic heterocycles. The van der Waals surface area contributed by atoms with Crippen molar-refractivity contribution in [3.05, 3.63) is 23.3 Å². The number of carbonyl (C=O) groups excluding carboxylic acids is 1. The van der Waals surface area contributed by atoms with E-state index in [4.69, 9.17) is 10.5 Å². The zero-order valence-corrected chi connectivity index (χ0v) is 13.1. The third kappa shape index (κ3) is 2.03. The van der Waals surface area contributed by atoms with E-state index >= 15 is 0 Å². The van der Waals surface area contributed by atoms with Gasteiger partial charge in [-0.3, -0.25) is 0 Å². The van der Waals surface area contributed by atoms with E-state index in [9.17, 15) is 4.79 Å². The molecule has 2 rings (SSSR count). The number of ether oxygens (including phenoxy) is 1. The molecular formula is C16H24N2O2. The Bertz CT molecular complexity index is 548. The van der Waals surface area contributed by atoms with Gasteiger partial charge in [-0.2, -0.15) is 0 Å². The molecule has 1 aliphatic carbocycles. The fourth-order valence-corrected chi connectivity index (χ4v) is 2.88. The van der Waals surface area contributed by atoms with Crippen LogP contribution >= 0.6 is 0 Å². The molecule has 0 atom stereocenters. The smallest absolute Gasteiger partial charge is 0.340 e. The van der Waals surface area contributed by atoms with Crippen LogP contribution in [0.15, 0.2) is 12.1 Å². The molecule has 0 unspecified atom stereocenters. The van der Waals surface area contributed by atoms with Crippen LogP contribution in [0.1, 0.15) is 43.6 Å². The zero-order valence-electron chi connectivity index (χ0n) is 13.1. The minimum atomic E-state index is -0.399. The third-order valence-electron chi connectivity index (χ3n) is 5.12. The number of esters is 1. The van der Waals surface area contributed by atoms with Gasteiger partial charge in [0.1, 0.15) is 0 Å². The number of anilines is 2. The molecular weight excluding hydrogens is 252 g/mol. The van der Waals surface area contributed by atoms with Crippen molar-refractivity contribution in [2.45, 2.75) is 40.7 Å². The molecule has 1 aromatic rings. The highest BCUT2D eigenvalue weighted by molar-refractivity contribution is 5.97. The standard InChI is InChI=1S/C16H24N2O2/c1-9-7-10(8-11(12(9)17)13(19)20-6)18-14-15(2,3)16(14,4)5/h7-8,14,18H,17H2,1-6H3. The topological polar surface area (TPSA) is 64.3 Å². The van der Waals surface area contributed by atoms with Gasteiger partial charge in [0.15, 0.2) is 0 Å². The van der Waals surface area contributed by atoms with Crippen molar-refractivity contribution >= 4 is 17.3 Å². The summed E-state index contributed by atoms with van der Waals surface area (Å²) in [6.07, 6.45) is 0. The third-order valence-corrected chi connectivity index (χ3v) is 5.12. The molecule has 1 aromatic carbocycles. The fraction of sp³-hybridized carbons (Fsp3) is 0.562. The number of nitrogens with one attached hydrogen (secondary N) is 1. The van der Waals surface area contributed by atoms with Crippen molar-refractivity contribution in [3.8, 4) is 0 Å². The number of aryl methyl sites for hydroxylation is 1. The van der Waals surface area contributed by atoms with Gasteiger partial charge in [-0.15, -0.1) is 0 Å². The van der Waals surface area contributed by atoms with Crippen molar-refractivity contribution in [1.29, 1.82) is 0 Å².